The molecule has 2 aliphatic rings. The number of benzene rings is 1. The van der Waals surface area contributed by atoms with Crippen LogP contribution >= 0.6 is 0 Å². The van der Waals surface area contributed by atoms with Crippen LogP contribution in [-0.4, -0.2) is 39.8 Å². The third kappa shape index (κ3) is 4.21. The molecule has 1 saturated heterocycles. The molecular formula is C19H23FN6O3. The lowest BCUT2D eigenvalue weighted by Gasteiger charge is -2.27. The first-order valence-electron chi connectivity index (χ1n) is 9.66. The summed E-state index contributed by atoms with van der Waals surface area (Å²) in [6.45, 7) is 2.48. The zero-order chi connectivity index (χ0) is 20.4. The molecule has 2 heterocycles. The Balaban J connectivity index is 1.50. The quantitative estimate of drug-likeness (QED) is 0.342. The number of hydrogen-bond donors (Lipinski definition) is 4. The van der Waals surface area contributed by atoms with Crippen molar-refractivity contribution in [3.8, 4) is 0 Å². The summed E-state index contributed by atoms with van der Waals surface area (Å²) in [5, 5.41) is 23.3. The van der Waals surface area contributed by atoms with E-state index in [1.165, 1.54) is 12.1 Å². The third-order valence-electron chi connectivity index (χ3n) is 5.36. The van der Waals surface area contributed by atoms with Gasteiger partial charge in [-0.1, -0.05) is 13.0 Å². The topological polar surface area (TPSA) is 125 Å². The van der Waals surface area contributed by atoms with Crippen molar-refractivity contribution < 1.29 is 19.0 Å². The van der Waals surface area contributed by atoms with Gasteiger partial charge < -0.3 is 10.6 Å². The summed E-state index contributed by atoms with van der Waals surface area (Å²) < 4.78 is 18.5. The number of anilines is 1. The minimum atomic E-state index is -0.321. The van der Waals surface area contributed by atoms with Crippen molar-refractivity contribution in [1.29, 1.82) is 0 Å². The fraction of sp³-hybridized carbons (Fsp3) is 0.474. The van der Waals surface area contributed by atoms with E-state index in [-0.39, 0.29) is 35.3 Å². The molecule has 0 saturated carbocycles. The predicted molar refractivity (Wildman–Crippen MR) is 102 cm³/mol. The second kappa shape index (κ2) is 8.16. The van der Waals surface area contributed by atoms with Gasteiger partial charge in [0.15, 0.2) is 11.5 Å². The molecule has 1 aliphatic carbocycles. The van der Waals surface area contributed by atoms with Crippen LogP contribution in [0.2, 0.25) is 0 Å². The summed E-state index contributed by atoms with van der Waals surface area (Å²) in [5.41, 5.74) is 4.10. The van der Waals surface area contributed by atoms with Crippen LogP contribution in [0.4, 0.5) is 10.2 Å². The van der Waals surface area contributed by atoms with Crippen molar-refractivity contribution in [2.24, 2.45) is 10.9 Å². The molecule has 1 aliphatic heterocycles. The van der Waals surface area contributed by atoms with Crippen molar-refractivity contribution in [2.45, 2.75) is 44.7 Å². The van der Waals surface area contributed by atoms with Gasteiger partial charge in [0.2, 0.25) is 11.7 Å². The molecule has 0 bridgehead atoms. The van der Waals surface area contributed by atoms with E-state index in [2.05, 4.69) is 31.4 Å². The van der Waals surface area contributed by atoms with Gasteiger partial charge in [0.05, 0.1) is 6.04 Å². The average Bonchev–Trinajstić information content (AvgIpc) is 3.30. The lowest BCUT2D eigenvalue weighted by atomic mass is 9.94. The van der Waals surface area contributed by atoms with Crippen LogP contribution in [-0.2, 0) is 11.2 Å². The molecule has 1 fully saturated rings. The van der Waals surface area contributed by atoms with Crippen LogP contribution in [0.15, 0.2) is 27.8 Å². The first kappa shape index (κ1) is 19.3. The highest BCUT2D eigenvalue weighted by Gasteiger charge is 2.27. The Morgan fingerprint density at radius 1 is 1.45 bits per heavy atom. The third-order valence-corrected chi connectivity index (χ3v) is 5.36. The Morgan fingerprint density at radius 2 is 2.31 bits per heavy atom. The van der Waals surface area contributed by atoms with Crippen molar-refractivity contribution >= 4 is 17.6 Å². The molecular weight excluding hydrogens is 379 g/mol. The van der Waals surface area contributed by atoms with E-state index in [0.717, 1.165) is 24.0 Å². The number of amides is 1. The Labute approximate surface area is 166 Å². The van der Waals surface area contributed by atoms with Crippen molar-refractivity contribution in [2.75, 3.05) is 11.9 Å². The molecule has 0 spiro atoms. The molecule has 4 rings (SSSR count). The highest BCUT2D eigenvalue weighted by molar-refractivity contribution is 6.00. The molecule has 1 aromatic carbocycles. The normalized spacial score (nSPS) is 24.2. The molecule has 1 aromatic heterocycles. The summed E-state index contributed by atoms with van der Waals surface area (Å²) in [5.74, 6) is 0.399. The van der Waals surface area contributed by atoms with Gasteiger partial charge in [-0.15, -0.1) is 0 Å². The Morgan fingerprint density at radius 3 is 3.10 bits per heavy atom. The number of aliphatic imine (C=N–C) groups is 1. The minimum Gasteiger partial charge on any atom is -0.363 e. The average molecular weight is 402 g/mol. The van der Waals surface area contributed by atoms with Crippen molar-refractivity contribution in [3.63, 3.8) is 0 Å². The lowest BCUT2D eigenvalue weighted by Crippen LogP contribution is -2.45. The van der Waals surface area contributed by atoms with Gasteiger partial charge in [0.1, 0.15) is 5.82 Å². The summed E-state index contributed by atoms with van der Waals surface area (Å²) in [6.07, 6.45) is 2.86. The molecule has 9 nitrogen and oxygen atoms in total. The highest BCUT2D eigenvalue weighted by atomic mass is 19.1. The number of hydrogen-bond acceptors (Lipinski definition) is 7. The minimum absolute atomic E-state index is 0.0282. The zero-order valence-electron chi connectivity index (χ0n) is 16.0. The zero-order valence-corrected chi connectivity index (χ0v) is 16.0. The Bertz CT molecular complexity index is 930. The van der Waals surface area contributed by atoms with Crippen LogP contribution < -0.4 is 16.1 Å². The number of piperidine rings is 1. The van der Waals surface area contributed by atoms with Crippen LogP contribution in [0.25, 0.3) is 0 Å². The number of rotatable bonds is 5. The maximum Gasteiger partial charge on any atom is 0.220 e. The van der Waals surface area contributed by atoms with Gasteiger partial charge in [-0.25, -0.2) is 9.02 Å². The van der Waals surface area contributed by atoms with E-state index in [1.54, 1.807) is 6.07 Å². The fourth-order valence-electron chi connectivity index (χ4n) is 4.03. The molecule has 3 atom stereocenters. The number of nitrogens with zero attached hydrogens (tertiary/aromatic N) is 3. The van der Waals surface area contributed by atoms with E-state index in [4.69, 9.17) is 4.63 Å². The molecule has 0 radical (unpaired) electrons. The number of hydroxylamine groups is 1. The number of fused-ring (bicyclic) bond motifs is 1. The summed E-state index contributed by atoms with van der Waals surface area (Å²) in [4.78, 5) is 16.2. The number of amidine groups is 1. The van der Waals surface area contributed by atoms with Gasteiger partial charge in [-0.2, -0.15) is 0 Å². The molecule has 3 unspecified atom stereocenters. The second-order valence-corrected chi connectivity index (χ2v) is 7.64. The fourth-order valence-corrected chi connectivity index (χ4v) is 4.03. The molecule has 154 valence electrons. The predicted octanol–water partition coefficient (Wildman–Crippen LogP) is 1.95. The summed E-state index contributed by atoms with van der Waals surface area (Å²) in [6, 6.07) is 4.32. The maximum atomic E-state index is 13.6. The Hall–Kier alpha value is -3.01. The maximum absolute atomic E-state index is 13.6. The molecule has 2 aromatic rings. The van der Waals surface area contributed by atoms with Gasteiger partial charge in [-0.3, -0.25) is 20.5 Å². The number of aryl methyl sites for hydroxylation is 1. The number of carbonyl (C=O) groups is 1. The Kier molecular flexibility index (Phi) is 5.43. The largest absolute Gasteiger partial charge is 0.363 e. The molecule has 4 N–H and O–H groups in total. The summed E-state index contributed by atoms with van der Waals surface area (Å²) in [7, 11) is 0. The van der Waals surface area contributed by atoms with Gasteiger partial charge in [0.25, 0.3) is 0 Å². The van der Waals surface area contributed by atoms with E-state index in [9.17, 15) is 14.4 Å². The van der Waals surface area contributed by atoms with Crippen molar-refractivity contribution in [1.82, 2.24) is 21.1 Å². The lowest BCUT2D eigenvalue weighted by molar-refractivity contribution is -0.124. The number of aromatic nitrogens is 2. The molecule has 10 heteroatoms. The number of halogens is 1. The molecule has 29 heavy (non-hydrogen) atoms. The van der Waals surface area contributed by atoms with Crippen LogP contribution in [0.3, 0.4) is 0 Å². The van der Waals surface area contributed by atoms with Gasteiger partial charge in [0, 0.05) is 19.0 Å². The second-order valence-electron chi connectivity index (χ2n) is 7.64. The summed E-state index contributed by atoms with van der Waals surface area (Å²) >= 11 is 0. The van der Waals surface area contributed by atoms with Gasteiger partial charge in [-0.05, 0) is 58.8 Å². The monoisotopic (exact) mass is 402 g/mol. The van der Waals surface area contributed by atoms with Crippen LogP contribution in [0, 0.1) is 11.7 Å². The van der Waals surface area contributed by atoms with Gasteiger partial charge >= 0.3 is 0 Å². The number of nitrogens with one attached hydrogen (secondary N) is 3. The van der Waals surface area contributed by atoms with Crippen LogP contribution in [0.1, 0.15) is 49.0 Å². The molecule has 1 amide bonds. The van der Waals surface area contributed by atoms with Crippen LogP contribution in [0.5, 0.6) is 0 Å². The standard InChI is InChI=1S/C19H23FN6O3/c1-10-6-13(22-16(27)7-10)9-21-18-17(25-29-26-18)19(24-28)23-15-5-3-11-2-4-12(20)8-14(11)15/h2,4,8,10,13,15,28H,3,5-7,9H2,1H3,(H,21,26)(H,22,27)(H,23,24). The number of carbonyl (C=O) groups excluding carboxylic acids is 1. The van der Waals surface area contributed by atoms with Crippen molar-refractivity contribution in [3.05, 3.63) is 40.8 Å². The first-order chi connectivity index (χ1) is 14.0. The smallest absolute Gasteiger partial charge is 0.220 e. The van der Waals surface area contributed by atoms with E-state index in [1.807, 2.05) is 6.92 Å². The first-order valence-corrected chi connectivity index (χ1v) is 9.66. The van der Waals surface area contributed by atoms with E-state index in [0.29, 0.717) is 31.1 Å². The van der Waals surface area contributed by atoms with E-state index >= 15 is 0 Å². The van der Waals surface area contributed by atoms with E-state index < -0.39 is 0 Å². The highest BCUT2D eigenvalue weighted by Crippen LogP contribution is 2.35. The SMILES string of the molecule is CC1CC(=O)NC(CNc2nonc2C(=NC2CCc3ccc(F)cc32)NO)C1.